The van der Waals surface area contributed by atoms with Gasteiger partial charge in [0.25, 0.3) is 0 Å². The molecule has 2 aliphatic rings. The Bertz CT molecular complexity index is 717. The third kappa shape index (κ3) is 3.88. The highest BCUT2D eigenvalue weighted by Gasteiger charge is 2.50. The Morgan fingerprint density at radius 1 is 1.19 bits per heavy atom. The molecular weight excluding hydrogens is 356 g/mol. The quantitative estimate of drug-likeness (QED) is 0.835. The number of ether oxygens (including phenoxy) is 2. The molecule has 2 atom stereocenters. The summed E-state index contributed by atoms with van der Waals surface area (Å²) in [5, 5.41) is 11.4. The van der Waals surface area contributed by atoms with Crippen LogP contribution in [0, 0.1) is 11.6 Å². The van der Waals surface area contributed by atoms with Crippen LogP contribution in [0.2, 0.25) is 0 Å². The maximum absolute atomic E-state index is 13.9. The second-order valence-electron chi connectivity index (χ2n) is 8.53. The second-order valence-corrected chi connectivity index (χ2v) is 8.53. The fourth-order valence-electron chi connectivity index (χ4n) is 4.32. The molecule has 7 heteroatoms. The topological polar surface area (TPSA) is 59.0 Å². The van der Waals surface area contributed by atoms with E-state index in [4.69, 9.17) is 9.47 Å². The number of benzene rings is 1. The summed E-state index contributed by atoms with van der Waals surface area (Å²) in [4.78, 5) is 14.4. The van der Waals surface area contributed by atoms with Gasteiger partial charge in [0.15, 0.2) is 11.6 Å². The normalized spacial score (nSPS) is 28.0. The van der Waals surface area contributed by atoms with Crippen LogP contribution < -0.4 is 4.74 Å². The predicted molar refractivity (Wildman–Crippen MR) is 95.5 cm³/mol. The third-order valence-electron chi connectivity index (χ3n) is 5.36. The fraction of sp³-hybridized carbons (Fsp3) is 0.650. The lowest BCUT2D eigenvalue weighted by Crippen LogP contribution is -2.59. The summed E-state index contributed by atoms with van der Waals surface area (Å²) in [7, 11) is 1.36. The lowest BCUT2D eigenvalue weighted by atomic mass is 9.72. The van der Waals surface area contributed by atoms with Crippen LogP contribution in [-0.4, -0.2) is 40.9 Å². The number of aliphatic hydroxyl groups is 1. The van der Waals surface area contributed by atoms with E-state index in [-0.39, 0.29) is 36.2 Å². The third-order valence-corrected chi connectivity index (χ3v) is 5.36. The number of carbonyl (C=O) groups is 1. The monoisotopic (exact) mass is 383 g/mol. The molecule has 1 amide bonds. The first kappa shape index (κ1) is 19.9. The zero-order valence-electron chi connectivity index (χ0n) is 16.2. The minimum atomic E-state index is -1.39. The van der Waals surface area contributed by atoms with Crippen LogP contribution in [0.25, 0.3) is 0 Å². The molecule has 1 N–H and O–H groups in total. The van der Waals surface area contributed by atoms with E-state index in [2.05, 4.69) is 0 Å². The van der Waals surface area contributed by atoms with Crippen molar-refractivity contribution in [3.8, 4) is 5.75 Å². The van der Waals surface area contributed by atoms with Crippen molar-refractivity contribution in [2.24, 2.45) is 0 Å². The zero-order chi connectivity index (χ0) is 20.0. The van der Waals surface area contributed by atoms with E-state index in [0.29, 0.717) is 0 Å². The number of hydrogen-bond donors (Lipinski definition) is 1. The molecule has 0 spiro atoms. The molecule has 0 radical (unpaired) electrons. The van der Waals surface area contributed by atoms with Crippen molar-refractivity contribution in [2.45, 2.75) is 76.2 Å². The van der Waals surface area contributed by atoms with Crippen LogP contribution in [0.4, 0.5) is 13.6 Å². The summed E-state index contributed by atoms with van der Waals surface area (Å²) < 4.78 is 38.2. The number of carbonyl (C=O) groups excluding carboxylic acids is 1. The van der Waals surface area contributed by atoms with Gasteiger partial charge in [-0.15, -0.1) is 0 Å². The van der Waals surface area contributed by atoms with Crippen LogP contribution in [0.15, 0.2) is 12.1 Å². The van der Waals surface area contributed by atoms with Gasteiger partial charge in [0.1, 0.15) is 11.4 Å². The summed E-state index contributed by atoms with van der Waals surface area (Å²) in [5.41, 5.74) is -1.78. The van der Waals surface area contributed by atoms with E-state index in [1.54, 1.807) is 4.90 Å². The van der Waals surface area contributed by atoms with E-state index in [1.807, 2.05) is 20.8 Å². The van der Waals surface area contributed by atoms with Crippen molar-refractivity contribution in [2.75, 3.05) is 7.11 Å². The smallest absolute Gasteiger partial charge is 0.410 e. The molecule has 2 aliphatic heterocycles. The minimum Gasteiger partial charge on any atom is -0.496 e. The van der Waals surface area contributed by atoms with Gasteiger partial charge in [0, 0.05) is 36.6 Å². The Balaban J connectivity index is 1.92. The average Bonchev–Trinajstić information content (AvgIpc) is 2.54. The SMILES string of the molecule is COc1cc(F)c(F)cc1C1(O)CC2CCCC(C1)N2C(=O)OC(C)(C)C. The van der Waals surface area contributed by atoms with E-state index in [0.717, 1.165) is 31.4 Å². The van der Waals surface area contributed by atoms with E-state index in [9.17, 15) is 18.7 Å². The van der Waals surface area contributed by atoms with Crippen molar-refractivity contribution in [3.63, 3.8) is 0 Å². The molecule has 1 aromatic rings. The number of methoxy groups -OCH3 is 1. The zero-order valence-corrected chi connectivity index (χ0v) is 16.2. The first-order valence-electron chi connectivity index (χ1n) is 9.31. The Morgan fingerprint density at radius 2 is 1.74 bits per heavy atom. The van der Waals surface area contributed by atoms with E-state index < -0.39 is 28.9 Å². The van der Waals surface area contributed by atoms with E-state index >= 15 is 0 Å². The Morgan fingerprint density at radius 3 is 2.26 bits per heavy atom. The summed E-state index contributed by atoms with van der Waals surface area (Å²) >= 11 is 0. The molecule has 2 heterocycles. The van der Waals surface area contributed by atoms with Crippen LogP contribution in [-0.2, 0) is 10.3 Å². The molecule has 2 fully saturated rings. The van der Waals surface area contributed by atoms with Crippen LogP contribution in [0.5, 0.6) is 5.75 Å². The summed E-state index contributed by atoms with van der Waals surface area (Å²) in [6, 6.07) is 1.51. The number of amides is 1. The Hall–Kier alpha value is -1.89. The standard InChI is InChI=1S/C20H27F2NO4/c1-19(2,3)27-18(24)23-12-6-5-7-13(23)11-20(25,10-12)14-8-15(21)16(22)9-17(14)26-4/h8-9,12-13,25H,5-7,10-11H2,1-4H3. The lowest BCUT2D eigenvalue weighted by molar-refractivity contribution is -0.0973. The summed E-state index contributed by atoms with van der Waals surface area (Å²) in [6.07, 6.45) is 2.46. The van der Waals surface area contributed by atoms with Crippen LogP contribution >= 0.6 is 0 Å². The van der Waals surface area contributed by atoms with Gasteiger partial charge < -0.3 is 19.5 Å². The highest BCUT2D eigenvalue weighted by molar-refractivity contribution is 5.69. The molecule has 27 heavy (non-hydrogen) atoms. The number of nitrogens with zero attached hydrogens (tertiary/aromatic N) is 1. The van der Waals surface area contributed by atoms with Crippen molar-refractivity contribution in [3.05, 3.63) is 29.3 Å². The first-order valence-corrected chi connectivity index (χ1v) is 9.31. The van der Waals surface area contributed by atoms with Crippen LogP contribution in [0.1, 0.15) is 58.4 Å². The van der Waals surface area contributed by atoms with Gasteiger partial charge in [0.05, 0.1) is 12.7 Å². The Labute approximate surface area is 158 Å². The molecule has 150 valence electrons. The van der Waals surface area contributed by atoms with Gasteiger partial charge in [-0.25, -0.2) is 13.6 Å². The molecule has 5 nitrogen and oxygen atoms in total. The van der Waals surface area contributed by atoms with Gasteiger partial charge in [-0.1, -0.05) is 0 Å². The highest BCUT2D eigenvalue weighted by atomic mass is 19.2. The molecule has 0 saturated carbocycles. The molecule has 2 bridgehead atoms. The van der Waals surface area contributed by atoms with Crippen molar-refractivity contribution >= 4 is 6.09 Å². The van der Waals surface area contributed by atoms with Gasteiger partial charge in [-0.05, 0) is 46.1 Å². The molecule has 0 aromatic heterocycles. The number of rotatable bonds is 2. The minimum absolute atomic E-state index is 0.111. The molecule has 2 saturated heterocycles. The van der Waals surface area contributed by atoms with Crippen molar-refractivity contribution < 1.29 is 28.2 Å². The lowest BCUT2D eigenvalue weighted by Gasteiger charge is -2.52. The number of piperidine rings is 2. The van der Waals surface area contributed by atoms with Gasteiger partial charge in [0.2, 0.25) is 0 Å². The highest BCUT2D eigenvalue weighted by Crippen LogP contribution is 2.47. The second kappa shape index (κ2) is 6.93. The van der Waals surface area contributed by atoms with Crippen molar-refractivity contribution in [1.29, 1.82) is 0 Å². The summed E-state index contributed by atoms with van der Waals surface area (Å²) in [5.74, 6) is -1.94. The average molecular weight is 383 g/mol. The van der Waals surface area contributed by atoms with Gasteiger partial charge in [-0.2, -0.15) is 0 Å². The predicted octanol–water partition coefficient (Wildman–Crippen LogP) is 4.11. The first-order chi connectivity index (χ1) is 12.5. The maximum Gasteiger partial charge on any atom is 0.410 e. The molecular formula is C20H27F2NO4. The van der Waals surface area contributed by atoms with Crippen molar-refractivity contribution in [1.82, 2.24) is 4.90 Å². The van der Waals surface area contributed by atoms with Gasteiger partial charge in [-0.3, -0.25) is 0 Å². The Kier molecular flexibility index (Phi) is 5.10. The molecule has 3 rings (SSSR count). The fourth-order valence-corrected chi connectivity index (χ4v) is 4.32. The number of hydrogen-bond acceptors (Lipinski definition) is 4. The largest absolute Gasteiger partial charge is 0.496 e. The summed E-state index contributed by atoms with van der Waals surface area (Å²) in [6.45, 7) is 5.44. The number of fused-ring (bicyclic) bond motifs is 2. The number of halogens is 2. The molecule has 2 unspecified atom stereocenters. The molecule has 1 aromatic carbocycles. The van der Waals surface area contributed by atoms with Gasteiger partial charge >= 0.3 is 6.09 Å². The molecule has 0 aliphatic carbocycles. The van der Waals surface area contributed by atoms with E-state index in [1.165, 1.54) is 7.11 Å². The maximum atomic E-state index is 13.9. The van der Waals surface area contributed by atoms with Crippen LogP contribution in [0.3, 0.4) is 0 Å².